The van der Waals surface area contributed by atoms with Gasteiger partial charge in [0.1, 0.15) is 23.7 Å². The highest BCUT2D eigenvalue weighted by Gasteiger charge is 2.55. The van der Waals surface area contributed by atoms with E-state index in [9.17, 15) is 34.4 Å². The van der Waals surface area contributed by atoms with Crippen LogP contribution in [-0.2, 0) is 40.1 Å². The van der Waals surface area contributed by atoms with Gasteiger partial charge >= 0.3 is 11.9 Å². The quantitative estimate of drug-likeness (QED) is 0.101. The van der Waals surface area contributed by atoms with Crippen LogP contribution < -0.4 is 11.1 Å². The molecule has 2 aromatic rings. The number of oxime groups is 1. The van der Waals surface area contributed by atoms with E-state index < -0.39 is 57.5 Å². The van der Waals surface area contributed by atoms with Crippen molar-refractivity contribution < 1.29 is 43.5 Å². The van der Waals surface area contributed by atoms with Gasteiger partial charge in [-0.1, -0.05) is 5.16 Å². The van der Waals surface area contributed by atoms with E-state index in [2.05, 4.69) is 19.8 Å². The molecule has 3 aliphatic rings. The van der Waals surface area contributed by atoms with E-state index in [1.165, 1.54) is 54.8 Å². The fraction of sp³-hybridized carbons (Fsp3) is 0.423. The lowest BCUT2D eigenvalue weighted by Gasteiger charge is -2.50. The molecule has 0 saturated carbocycles. The molecule has 0 spiro atoms. The maximum atomic E-state index is 13.5. The Bertz CT molecular complexity index is 1600. The predicted octanol–water partition coefficient (Wildman–Crippen LogP) is 1.19. The lowest BCUT2D eigenvalue weighted by atomic mass is 9.99. The molecule has 0 unspecified atom stereocenters. The molecule has 19 heteroatoms. The van der Waals surface area contributed by atoms with Gasteiger partial charge in [-0.3, -0.25) is 24.6 Å². The molecular weight excluding hydrogens is 634 g/mol. The molecule has 45 heavy (non-hydrogen) atoms. The molecule has 238 valence electrons. The first-order chi connectivity index (χ1) is 21.4. The molecule has 2 fully saturated rings. The van der Waals surface area contributed by atoms with Crippen LogP contribution in [0.1, 0.15) is 38.1 Å². The van der Waals surface area contributed by atoms with Crippen LogP contribution in [0.5, 0.6) is 0 Å². The summed E-state index contributed by atoms with van der Waals surface area (Å²) in [6.45, 7) is 2.75. The molecule has 2 saturated heterocycles. The van der Waals surface area contributed by atoms with Crippen LogP contribution in [0.15, 0.2) is 40.7 Å². The maximum Gasteiger partial charge on any atom is 0.355 e. The molecular formula is C26H27N7O10S2. The summed E-state index contributed by atoms with van der Waals surface area (Å²) in [5, 5.41) is 25.9. The number of esters is 1. The van der Waals surface area contributed by atoms with E-state index in [0.29, 0.717) is 29.9 Å². The van der Waals surface area contributed by atoms with Crippen LogP contribution in [0.2, 0.25) is 0 Å². The van der Waals surface area contributed by atoms with Crippen molar-refractivity contribution in [1.82, 2.24) is 19.6 Å². The summed E-state index contributed by atoms with van der Waals surface area (Å²) in [5.74, 6) is -3.57. The highest BCUT2D eigenvalue weighted by atomic mass is 32.2. The molecule has 0 radical (unpaired) electrons. The molecule has 3 aliphatic heterocycles. The number of nitrogens with one attached hydrogen (secondary N) is 1. The number of nitrogens with zero attached hydrogens (tertiary/aromatic N) is 5. The molecule has 0 bridgehead atoms. The van der Waals surface area contributed by atoms with Gasteiger partial charge in [0.25, 0.3) is 17.5 Å². The van der Waals surface area contributed by atoms with Crippen molar-refractivity contribution in [3.63, 3.8) is 0 Å². The number of rotatable bonds is 11. The number of amides is 2. The third kappa shape index (κ3) is 6.59. The summed E-state index contributed by atoms with van der Waals surface area (Å²) in [6.07, 6.45) is 1.03. The number of β-lactam (4-membered cyclic amide) rings is 1. The second-order valence-corrected chi connectivity index (χ2v) is 12.4. The van der Waals surface area contributed by atoms with Crippen LogP contribution >= 0.6 is 23.3 Å². The number of carbonyl (C=O) groups excluding carboxylic acids is 3. The largest absolute Gasteiger partial charge is 0.478 e. The zero-order valence-electron chi connectivity index (χ0n) is 23.8. The van der Waals surface area contributed by atoms with E-state index in [0.717, 1.165) is 18.0 Å². The number of non-ortho nitro benzene ring substituents is 1. The number of benzene rings is 1. The van der Waals surface area contributed by atoms with E-state index in [1.54, 1.807) is 0 Å². The molecule has 17 nitrogen and oxygen atoms in total. The second kappa shape index (κ2) is 12.8. The highest BCUT2D eigenvalue weighted by molar-refractivity contribution is 8.00. The second-order valence-electron chi connectivity index (χ2n) is 10.5. The summed E-state index contributed by atoms with van der Waals surface area (Å²) < 4.78 is 15.3. The van der Waals surface area contributed by atoms with Crippen molar-refractivity contribution in [2.24, 2.45) is 5.16 Å². The average molecular weight is 662 g/mol. The molecule has 4 heterocycles. The summed E-state index contributed by atoms with van der Waals surface area (Å²) in [5.41, 5.74) is 4.37. The SMILES string of the molecule is CC(C)(O/N=C(\C(=O)N[C@@H]1C(=O)N2C(C(=O)OCc3ccc([N+](=O)[O-])cc3)=C([C@@H]3CCCO3)CS[C@H]12)c1nsc(N)n1)C(=O)O. The summed E-state index contributed by atoms with van der Waals surface area (Å²) >= 11 is 2.09. The normalized spacial score (nSPS) is 21.6. The Morgan fingerprint density at radius 3 is 2.64 bits per heavy atom. The monoisotopic (exact) mass is 661 g/mol. The number of anilines is 1. The molecule has 5 rings (SSSR count). The summed E-state index contributed by atoms with van der Waals surface area (Å²) in [6, 6.07) is 4.42. The van der Waals surface area contributed by atoms with Gasteiger partial charge in [-0.15, -0.1) is 11.8 Å². The highest BCUT2D eigenvalue weighted by Crippen LogP contribution is 2.43. The Labute approximate surface area is 263 Å². The van der Waals surface area contributed by atoms with Crippen molar-refractivity contribution in [3.8, 4) is 0 Å². The minimum absolute atomic E-state index is 0.0143. The Morgan fingerprint density at radius 2 is 2.04 bits per heavy atom. The van der Waals surface area contributed by atoms with Crippen LogP contribution in [0, 0.1) is 10.1 Å². The van der Waals surface area contributed by atoms with Crippen molar-refractivity contribution in [2.45, 2.75) is 56.4 Å². The number of nitrogens with two attached hydrogens (primary N) is 1. The van der Waals surface area contributed by atoms with Crippen LogP contribution in [-0.4, -0.2) is 89.2 Å². The minimum atomic E-state index is -1.80. The Hall–Kier alpha value is -4.62. The first kappa shape index (κ1) is 31.8. The number of aromatic nitrogens is 2. The molecule has 0 aliphatic carbocycles. The summed E-state index contributed by atoms with van der Waals surface area (Å²) in [7, 11) is 0. The topological polar surface area (TPSA) is 239 Å². The number of nitro groups is 1. The van der Waals surface area contributed by atoms with Gasteiger partial charge in [-0.25, -0.2) is 9.59 Å². The lowest BCUT2D eigenvalue weighted by molar-refractivity contribution is -0.384. The number of hydrogen-bond acceptors (Lipinski definition) is 15. The summed E-state index contributed by atoms with van der Waals surface area (Å²) in [4.78, 5) is 72.5. The van der Waals surface area contributed by atoms with Crippen molar-refractivity contribution in [2.75, 3.05) is 18.1 Å². The fourth-order valence-corrected chi connectivity index (χ4v) is 6.43. The maximum absolute atomic E-state index is 13.5. The molecule has 1 aromatic heterocycles. The van der Waals surface area contributed by atoms with Crippen LogP contribution in [0.3, 0.4) is 0 Å². The number of carboxylic acid groups (broad SMARTS) is 1. The van der Waals surface area contributed by atoms with Gasteiger partial charge in [0, 0.05) is 36.0 Å². The van der Waals surface area contributed by atoms with Gasteiger partial charge < -0.3 is 30.5 Å². The van der Waals surface area contributed by atoms with Gasteiger partial charge in [0.15, 0.2) is 5.13 Å². The zero-order chi connectivity index (χ0) is 32.5. The number of nitro benzene ring substituents is 1. The van der Waals surface area contributed by atoms with Gasteiger partial charge in [0.05, 0.1) is 11.0 Å². The van der Waals surface area contributed by atoms with E-state index in [1.807, 2.05) is 0 Å². The number of nitrogen functional groups attached to an aromatic ring is 1. The first-order valence-electron chi connectivity index (χ1n) is 13.5. The van der Waals surface area contributed by atoms with Crippen molar-refractivity contribution in [1.29, 1.82) is 0 Å². The molecule has 2 amide bonds. The third-order valence-corrected chi connectivity index (χ3v) is 8.91. The third-order valence-electron chi connectivity index (χ3n) is 7.06. The smallest absolute Gasteiger partial charge is 0.355 e. The van der Waals surface area contributed by atoms with E-state index in [-0.39, 0.29) is 28.9 Å². The van der Waals surface area contributed by atoms with Gasteiger partial charge in [0.2, 0.25) is 17.1 Å². The van der Waals surface area contributed by atoms with E-state index in [4.69, 9.17) is 20.0 Å². The van der Waals surface area contributed by atoms with Gasteiger partial charge in [-0.2, -0.15) is 9.36 Å². The Balaban J connectivity index is 1.35. The number of hydrogen-bond donors (Lipinski definition) is 3. The number of aliphatic carboxylic acids is 1. The first-order valence-corrected chi connectivity index (χ1v) is 15.3. The molecule has 3 atom stereocenters. The number of ether oxygens (including phenoxy) is 2. The number of carboxylic acids is 1. The predicted molar refractivity (Wildman–Crippen MR) is 158 cm³/mol. The fourth-order valence-electron chi connectivity index (χ4n) is 4.59. The van der Waals surface area contributed by atoms with Crippen LogP contribution in [0.4, 0.5) is 10.8 Å². The lowest BCUT2D eigenvalue weighted by Crippen LogP contribution is -2.71. The minimum Gasteiger partial charge on any atom is -0.478 e. The average Bonchev–Trinajstić information content (AvgIpc) is 3.70. The Morgan fingerprint density at radius 1 is 1.31 bits per heavy atom. The standard InChI is InChI=1S/C26H27N7O10S2/c1-26(2,24(37)38)43-30-16(19-29-25(27)45-31-19)20(34)28-17-21(35)32-18(14(11-44-22(17)32)15-4-3-9-41-15)23(36)42-10-12-5-7-13(8-6-12)33(39)40/h5-8,15,17,22H,3-4,9-11H2,1-2H3,(H,28,34)(H,37,38)(H2,27,29,31)/b30-16-/t15-,17+,22+/m0/s1. The van der Waals surface area contributed by atoms with Crippen LogP contribution in [0.25, 0.3) is 0 Å². The Kier molecular flexibility index (Phi) is 9.03. The number of thioether (sulfide) groups is 1. The number of fused-ring (bicyclic) bond motifs is 1. The van der Waals surface area contributed by atoms with Crippen molar-refractivity contribution >= 4 is 63.6 Å². The molecule has 1 aromatic carbocycles. The van der Waals surface area contributed by atoms with Gasteiger partial charge in [-0.05, 0) is 50.0 Å². The zero-order valence-corrected chi connectivity index (χ0v) is 25.5. The van der Waals surface area contributed by atoms with Crippen molar-refractivity contribution in [3.05, 3.63) is 57.0 Å². The van der Waals surface area contributed by atoms with E-state index >= 15 is 0 Å². The number of carbonyl (C=O) groups is 4. The molecule has 4 N–H and O–H groups in total.